The fraction of sp³-hybridized carbons (Fsp3) is 0.538. The van der Waals surface area contributed by atoms with Crippen molar-refractivity contribution >= 4 is 12.4 Å². The SMILES string of the molecule is CCC[C@H](O)[C@H](N)c1ccc(C)c(C)c1.Cl. The zero-order valence-electron chi connectivity index (χ0n) is 10.2. The highest BCUT2D eigenvalue weighted by atomic mass is 35.5. The molecule has 0 aliphatic rings. The molecule has 0 radical (unpaired) electrons. The molecule has 0 heterocycles. The molecule has 0 aromatic heterocycles. The van der Waals surface area contributed by atoms with Crippen LogP contribution in [0, 0.1) is 13.8 Å². The molecule has 2 atom stereocenters. The summed E-state index contributed by atoms with van der Waals surface area (Å²) in [6.07, 6.45) is 1.28. The molecule has 3 N–H and O–H groups in total. The average Bonchev–Trinajstić information content (AvgIpc) is 2.21. The van der Waals surface area contributed by atoms with Crippen LogP contribution in [0.15, 0.2) is 18.2 Å². The molecule has 1 aromatic rings. The van der Waals surface area contributed by atoms with E-state index >= 15 is 0 Å². The highest BCUT2D eigenvalue weighted by Crippen LogP contribution is 2.20. The summed E-state index contributed by atoms with van der Waals surface area (Å²) in [7, 11) is 0. The zero-order chi connectivity index (χ0) is 11.4. The Morgan fingerprint density at radius 3 is 2.38 bits per heavy atom. The van der Waals surface area contributed by atoms with Crippen LogP contribution in [0.1, 0.15) is 42.5 Å². The van der Waals surface area contributed by atoms with Crippen LogP contribution in [0.25, 0.3) is 0 Å². The molecule has 92 valence electrons. The highest BCUT2D eigenvalue weighted by Gasteiger charge is 2.15. The van der Waals surface area contributed by atoms with Gasteiger partial charge in [0.05, 0.1) is 12.1 Å². The standard InChI is InChI=1S/C13H21NO.ClH/c1-4-5-12(15)13(14)11-7-6-9(2)10(3)8-11;/h6-8,12-13,15H,4-5,14H2,1-3H3;1H/t12-,13+;/m0./s1. The van der Waals surface area contributed by atoms with E-state index in [2.05, 4.69) is 32.9 Å². The molecule has 0 saturated heterocycles. The van der Waals surface area contributed by atoms with Crippen LogP contribution >= 0.6 is 12.4 Å². The summed E-state index contributed by atoms with van der Waals surface area (Å²) in [6, 6.07) is 5.87. The second kappa shape index (κ2) is 6.89. The Morgan fingerprint density at radius 2 is 1.88 bits per heavy atom. The van der Waals surface area contributed by atoms with Crippen molar-refractivity contribution in [2.45, 2.75) is 45.8 Å². The predicted octanol–water partition coefficient (Wildman–Crippen LogP) is 2.89. The van der Waals surface area contributed by atoms with Crippen LogP contribution in [0.4, 0.5) is 0 Å². The van der Waals surface area contributed by atoms with E-state index in [1.54, 1.807) is 0 Å². The van der Waals surface area contributed by atoms with Gasteiger partial charge in [0.25, 0.3) is 0 Å². The van der Waals surface area contributed by atoms with E-state index in [0.29, 0.717) is 0 Å². The van der Waals surface area contributed by atoms with Gasteiger partial charge in [0.1, 0.15) is 0 Å². The third kappa shape index (κ3) is 3.78. The molecule has 0 spiro atoms. The predicted molar refractivity (Wildman–Crippen MR) is 71.0 cm³/mol. The number of aliphatic hydroxyl groups excluding tert-OH is 1. The van der Waals surface area contributed by atoms with Gasteiger partial charge in [0, 0.05) is 0 Å². The lowest BCUT2D eigenvalue weighted by molar-refractivity contribution is 0.134. The Balaban J connectivity index is 0.00000225. The number of benzene rings is 1. The normalized spacial score (nSPS) is 14.1. The van der Waals surface area contributed by atoms with Gasteiger partial charge in [-0.05, 0) is 37.0 Å². The van der Waals surface area contributed by atoms with Crippen LogP contribution in [0.5, 0.6) is 0 Å². The van der Waals surface area contributed by atoms with Gasteiger partial charge in [-0.3, -0.25) is 0 Å². The van der Waals surface area contributed by atoms with E-state index in [1.807, 2.05) is 6.07 Å². The van der Waals surface area contributed by atoms with Crippen molar-refractivity contribution < 1.29 is 5.11 Å². The zero-order valence-corrected chi connectivity index (χ0v) is 11.1. The van der Waals surface area contributed by atoms with E-state index in [1.165, 1.54) is 11.1 Å². The molecule has 1 aromatic carbocycles. The maximum atomic E-state index is 9.81. The first kappa shape index (κ1) is 15.4. The molecule has 2 nitrogen and oxygen atoms in total. The average molecular weight is 244 g/mol. The number of aryl methyl sites for hydroxylation is 2. The second-order valence-corrected chi connectivity index (χ2v) is 4.23. The molecule has 0 aliphatic carbocycles. The van der Waals surface area contributed by atoms with Gasteiger partial charge in [-0.15, -0.1) is 12.4 Å². The molecule has 0 unspecified atom stereocenters. The molecule has 0 amide bonds. The topological polar surface area (TPSA) is 46.2 Å². The smallest absolute Gasteiger partial charge is 0.0732 e. The number of aliphatic hydroxyl groups is 1. The van der Waals surface area contributed by atoms with Crippen molar-refractivity contribution in [3.8, 4) is 0 Å². The first-order valence-corrected chi connectivity index (χ1v) is 5.57. The highest BCUT2D eigenvalue weighted by molar-refractivity contribution is 5.85. The summed E-state index contributed by atoms with van der Waals surface area (Å²) in [5, 5.41) is 9.81. The monoisotopic (exact) mass is 243 g/mol. The number of rotatable bonds is 4. The Labute approximate surface area is 104 Å². The minimum absolute atomic E-state index is 0. The number of halogens is 1. The first-order valence-electron chi connectivity index (χ1n) is 5.57. The van der Waals surface area contributed by atoms with Gasteiger partial charge in [0.2, 0.25) is 0 Å². The van der Waals surface area contributed by atoms with E-state index in [-0.39, 0.29) is 18.4 Å². The molecule has 3 heteroatoms. The fourth-order valence-corrected chi connectivity index (χ4v) is 1.67. The first-order chi connectivity index (χ1) is 7.06. The number of hydrogen-bond donors (Lipinski definition) is 2. The van der Waals surface area contributed by atoms with Crippen molar-refractivity contribution in [2.24, 2.45) is 5.73 Å². The number of nitrogens with two attached hydrogens (primary N) is 1. The summed E-state index contributed by atoms with van der Waals surface area (Å²) in [5.41, 5.74) is 9.51. The van der Waals surface area contributed by atoms with Gasteiger partial charge in [-0.25, -0.2) is 0 Å². The Hall–Kier alpha value is -0.570. The Kier molecular flexibility index (Phi) is 6.65. The molecular formula is C13H22ClNO. The van der Waals surface area contributed by atoms with Crippen LogP contribution in [0.2, 0.25) is 0 Å². The fourth-order valence-electron chi connectivity index (χ4n) is 1.67. The van der Waals surface area contributed by atoms with Crippen molar-refractivity contribution in [3.63, 3.8) is 0 Å². The largest absolute Gasteiger partial charge is 0.391 e. The third-order valence-electron chi connectivity index (χ3n) is 2.91. The van der Waals surface area contributed by atoms with E-state index in [9.17, 15) is 5.11 Å². The van der Waals surface area contributed by atoms with Gasteiger partial charge in [-0.2, -0.15) is 0 Å². The Bertz CT molecular complexity index is 328. The summed E-state index contributed by atoms with van der Waals surface area (Å²) < 4.78 is 0. The minimum atomic E-state index is -0.433. The van der Waals surface area contributed by atoms with E-state index < -0.39 is 6.10 Å². The van der Waals surface area contributed by atoms with Gasteiger partial charge < -0.3 is 10.8 Å². The van der Waals surface area contributed by atoms with E-state index in [0.717, 1.165) is 18.4 Å². The molecule has 0 aliphatic heterocycles. The summed E-state index contributed by atoms with van der Waals surface area (Å²) in [4.78, 5) is 0. The van der Waals surface area contributed by atoms with E-state index in [4.69, 9.17) is 5.73 Å². The maximum absolute atomic E-state index is 9.81. The maximum Gasteiger partial charge on any atom is 0.0732 e. The van der Waals surface area contributed by atoms with Gasteiger partial charge >= 0.3 is 0 Å². The molecule has 0 fully saturated rings. The van der Waals surface area contributed by atoms with Crippen LogP contribution in [0.3, 0.4) is 0 Å². The lowest BCUT2D eigenvalue weighted by atomic mass is 9.96. The lowest BCUT2D eigenvalue weighted by Crippen LogP contribution is -2.26. The molecule has 1 rings (SSSR count). The molecule has 0 bridgehead atoms. The summed E-state index contributed by atoms with van der Waals surface area (Å²) >= 11 is 0. The summed E-state index contributed by atoms with van der Waals surface area (Å²) in [5.74, 6) is 0. The van der Waals surface area contributed by atoms with Crippen LogP contribution in [-0.2, 0) is 0 Å². The van der Waals surface area contributed by atoms with Crippen LogP contribution < -0.4 is 5.73 Å². The molecule has 16 heavy (non-hydrogen) atoms. The van der Waals surface area contributed by atoms with Crippen molar-refractivity contribution in [3.05, 3.63) is 34.9 Å². The van der Waals surface area contributed by atoms with Crippen molar-refractivity contribution in [1.29, 1.82) is 0 Å². The van der Waals surface area contributed by atoms with Crippen LogP contribution in [-0.4, -0.2) is 11.2 Å². The van der Waals surface area contributed by atoms with Crippen molar-refractivity contribution in [2.75, 3.05) is 0 Å². The summed E-state index contributed by atoms with van der Waals surface area (Å²) in [6.45, 7) is 6.20. The lowest BCUT2D eigenvalue weighted by Gasteiger charge is -2.19. The molecular weight excluding hydrogens is 222 g/mol. The third-order valence-corrected chi connectivity index (χ3v) is 2.91. The minimum Gasteiger partial charge on any atom is -0.391 e. The van der Waals surface area contributed by atoms with Crippen molar-refractivity contribution in [1.82, 2.24) is 0 Å². The Morgan fingerprint density at radius 1 is 1.25 bits per heavy atom. The second-order valence-electron chi connectivity index (χ2n) is 4.23. The number of hydrogen-bond acceptors (Lipinski definition) is 2. The van der Waals surface area contributed by atoms with Gasteiger partial charge in [0.15, 0.2) is 0 Å². The van der Waals surface area contributed by atoms with Gasteiger partial charge in [-0.1, -0.05) is 31.5 Å². The quantitative estimate of drug-likeness (QED) is 0.854. The molecule has 0 saturated carbocycles.